The Morgan fingerprint density at radius 3 is 2.13 bits per heavy atom. The molecule has 0 radical (unpaired) electrons. The van der Waals surface area contributed by atoms with Gasteiger partial charge in [0.05, 0.1) is 0 Å². The van der Waals surface area contributed by atoms with Crippen LogP contribution in [0.1, 0.15) is 34.1 Å². The van der Waals surface area contributed by atoms with Gasteiger partial charge >= 0.3 is 0 Å². The minimum Gasteiger partial charge on any atom is -0.294 e. The van der Waals surface area contributed by atoms with Gasteiger partial charge in [-0.3, -0.25) is 9.80 Å². The van der Waals surface area contributed by atoms with E-state index < -0.39 is 6.17 Å². The summed E-state index contributed by atoms with van der Waals surface area (Å²) in [5, 5.41) is 0. The summed E-state index contributed by atoms with van der Waals surface area (Å²) in [6.45, 7) is 11.5. The molecule has 2 aliphatic heterocycles. The van der Waals surface area contributed by atoms with Crippen LogP contribution in [0.25, 0.3) is 0 Å². The van der Waals surface area contributed by atoms with Crippen molar-refractivity contribution in [1.29, 1.82) is 0 Å². The van der Waals surface area contributed by atoms with Crippen LogP contribution in [0, 0.1) is 0 Å². The van der Waals surface area contributed by atoms with Crippen molar-refractivity contribution < 1.29 is 4.39 Å². The first-order valence-electron chi connectivity index (χ1n) is 6.03. The number of nitrogens with zero attached hydrogens (tertiary/aromatic N) is 2. The third-order valence-corrected chi connectivity index (χ3v) is 3.80. The summed E-state index contributed by atoms with van der Waals surface area (Å²) in [7, 11) is 0. The molecule has 0 aromatic heterocycles. The molecule has 0 N–H and O–H groups in total. The smallest absolute Gasteiger partial charge is 0.125 e. The lowest BCUT2D eigenvalue weighted by Gasteiger charge is -2.40. The minimum atomic E-state index is -0.566. The van der Waals surface area contributed by atoms with E-state index in [1.165, 1.54) is 6.42 Å². The van der Waals surface area contributed by atoms with Crippen molar-refractivity contribution in [2.24, 2.45) is 0 Å². The van der Waals surface area contributed by atoms with Gasteiger partial charge in [-0.15, -0.1) is 0 Å². The topological polar surface area (TPSA) is 6.48 Å². The van der Waals surface area contributed by atoms with Crippen LogP contribution in [0.2, 0.25) is 0 Å². The predicted octanol–water partition coefficient (Wildman–Crippen LogP) is 1.90. The molecule has 88 valence electrons. The zero-order valence-electron chi connectivity index (χ0n) is 10.3. The summed E-state index contributed by atoms with van der Waals surface area (Å²) >= 11 is 0. The summed E-state index contributed by atoms with van der Waals surface area (Å²) in [4.78, 5) is 4.84. The average molecular weight is 214 g/mol. The highest BCUT2D eigenvalue weighted by atomic mass is 19.1. The van der Waals surface area contributed by atoms with Crippen LogP contribution in [-0.2, 0) is 0 Å². The van der Waals surface area contributed by atoms with Gasteiger partial charge in [0.2, 0.25) is 0 Å². The van der Waals surface area contributed by atoms with Gasteiger partial charge in [-0.05, 0) is 34.1 Å². The fourth-order valence-electron chi connectivity index (χ4n) is 2.96. The largest absolute Gasteiger partial charge is 0.294 e. The van der Waals surface area contributed by atoms with E-state index in [0.717, 1.165) is 6.54 Å². The van der Waals surface area contributed by atoms with Crippen molar-refractivity contribution in [3.05, 3.63) is 0 Å². The zero-order valence-corrected chi connectivity index (χ0v) is 10.3. The van der Waals surface area contributed by atoms with Crippen LogP contribution in [0.4, 0.5) is 4.39 Å². The number of likely N-dealkylation sites (tertiary alicyclic amines) is 2. The monoisotopic (exact) mass is 214 g/mol. The molecule has 15 heavy (non-hydrogen) atoms. The molecule has 2 saturated heterocycles. The van der Waals surface area contributed by atoms with Gasteiger partial charge in [0, 0.05) is 37.3 Å². The first kappa shape index (κ1) is 11.3. The lowest BCUT2D eigenvalue weighted by Crippen LogP contribution is -2.54. The average Bonchev–Trinajstić information content (AvgIpc) is 2.40. The van der Waals surface area contributed by atoms with Crippen molar-refractivity contribution in [2.45, 2.75) is 57.9 Å². The zero-order chi connectivity index (χ0) is 11.2. The Labute approximate surface area is 92.4 Å². The van der Waals surface area contributed by atoms with Gasteiger partial charge in [-0.2, -0.15) is 0 Å². The number of hydrogen-bond acceptors (Lipinski definition) is 2. The third-order valence-electron chi connectivity index (χ3n) is 3.80. The summed E-state index contributed by atoms with van der Waals surface area (Å²) in [6, 6.07) is 1.22. The maximum atomic E-state index is 12.8. The number of halogens is 1. The Morgan fingerprint density at radius 2 is 1.73 bits per heavy atom. The molecular weight excluding hydrogens is 191 g/mol. The predicted molar refractivity (Wildman–Crippen MR) is 60.8 cm³/mol. The molecule has 2 fully saturated rings. The SMILES string of the molecule is C[C@@H]1CC(N2CC(F)C2)CN1C(C)(C)C. The quantitative estimate of drug-likeness (QED) is 0.658. The van der Waals surface area contributed by atoms with Crippen LogP contribution in [0.5, 0.6) is 0 Å². The summed E-state index contributed by atoms with van der Waals surface area (Å²) < 4.78 is 12.8. The van der Waals surface area contributed by atoms with Crippen LogP contribution in [0.3, 0.4) is 0 Å². The molecule has 2 atom stereocenters. The third kappa shape index (κ3) is 2.18. The van der Waals surface area contributed by atoms with Crippen LogP contribution in [0.15, 0.2) is 0 Å². The number of alkyl halides is 1. The van der Waals surface area contributed by atoms with Gasteiger partial charge < -0.3 is 0 Å². The van der Waals surface area contributed by atoms with Crippen molar-refractivity contribution in [3.63, 3.8) is 0 Å². The van der Waals surface area contributed by atoms with Crippen LogP contribution >= 0.6 is 0 Å². The molecule has 0 saturated carbocycles. The Hall–Kier alpha value is -0.150. The Kier molecular flexibility index (Phi) is 2.80. The first-order chi connectivity index (χ1) is 6.88. The van der Waals surface area contributed by atoms with E-state index in [-0.39, 0.29) is 5.54 Å². The molecule has 2 heterocycles. The van der Waals surface area contributed by atoms with Gasteiger partial charge in [-0.1, -0.05) is 0 Å². The van der Waals surface area contributed by atoms with E-state index in [9.17, 15) is 4.39 Å². The highest BCUT2D eigenvalue weighted by Crippen LogP contribution is 2.31. The minimum absolute atomic E-state index is 0.244. The number of rotatable bonds is 1. The van der Waals surface area contributed by atoms with Crippen molar-refractivity contribution in [3.8, 4) is 0 Å². The fourth-order valence-corrected chi connectivity index (χ4v) is 2.96. The fraction of sp³-hybridized carbons (Fsp3) is 1.00. The normalized spacial score (nSPS) is 35.8. The molecular formula is C12H23FN2. The maximum absolute atomic E-state index is 12.8. The molecule has 0 amide bonds. The van der Waals surface area contributed by atoms with Crippen LogP contribution < -0.4 is 0 Å². The molecule has 0 aromatic carbocycles. The van der Waals surface area contributed by atoms with E-state index in [4.69, 9.17) is 0 Å². The van der Waals surface area contributed by atoms with E-state index in [0.29, 0.717) is 25.2 Å². The molecule has 2 aliphatic rings. The van der Waals surface area contributed by atoms with E-state index in [2.05, 4.69) is 37.5 Å². The molecule has 0 aromatic rings. The molecule has 2 nitrogen and oxygen atoms in total. The van der Waals surface area contributed by atoms with Crippen molar-refractivity contribution in [2.75, 3.05) is 19.6 Å². The standard InChI is InChI=1S/C12H23FN2/c1-9-5-11(14-6-10(13)7-14)8-15(9)12(2,3)4/h9-11H,5-8H2,1-4H3/t9-,11?/m1/s1. The van der Waals surface area contributed by atoms with Gasteiger partial charge in [0.15, 0.2) is 0 Å². The molecule has 2 rings (SSSR count). The Bertz CT molecular complexity index is 230. The second-order valence-corrected chi connectivity index (χ2v) is 6.11. The van der Waals surface area contributed by atoms with E-state index >= 15 is 0 Å². The summed E-state index contributed by atoms with van der Waals surface area (Å²) in [5.41, 5.74) is 0.244. The lowest BCUT2D eigenvalue weighted by molar-refractivity contribution is 0.0261. The number of hydrogen-bond donors (Lipinski definition) is 0. The highest BCUT2D eigenvalue weighted by Gasteiger charge is 2.41. The van der Waals surface area contributed by atoms with Crippen LogP contribution in [-0.4, -0.2) is 53.2 Å². The van der Waals surface area contributed by atoms with Gasteiger partial charge in [0.25, 0.3) is 0 Å². The van der Waals surface area contributed by atoms with E-state index in [1.807, 2.05) is 0 Å². The molecule has 0 spiro atoms. The maximum Gasteiger partial charge on any atom is 0.125 e. The molecule has 0 bridgehead atoms. The highest BCUT2D eigenvalue weighted by molar-refractivity contribution is 4.97. The molecule has 0 aliphatic carbocycles. The summed E-state index contributed by atoms with van der Waals surface area (Å²) in [6.07, 6.45) is 0.633. The van der Waals surface area contributed by atoms with Crippen molar-refractivity contribution in [1.82, 2.24) is 9.80 Å². The Morgan fingerprint density at radius 1 is 1.13 bits per heavy atom. The second-order valence-electron chi connectivity index (χ2n) is 6.11. The molecule has 1 unspecified atom stereocenters. The first-order valence-corrected chi connectivity index (χ1v) is 6.03. The second kappa shape index (κ2) is 3.70. The van der Waals surface area contributed by atoms with Crippen molar-refractivity contribution >= 4 is 0 Å². The molecule has 3 heteroatoms. The Balaban J connectivity index is 1.92. The summed E-state index contributed by atoms with van der Waals surface area (Å²) in [5.74, 6) is 0. The van der Waals surface area contributed by atoms with Gasteiger partial charge in [-0.25, -0.2) is 4.39 Å². The van der Waals surface area contributed by atoms with Gasteiger partial charge in [0.1, 0.15) is 6.17 Å². The van der Waals surface area contributed by atoms with E-state index in [1.54, 1.807) is 0 Å². The lowest BCUT2D eigenvalue weighted by atomic mass is 10.1.